The highest BCUT2D eigenvalue weighted by atomic mass is 16.1. The number of fused-ring (bicyclic) bond motifs is 1. The first-order chi connectivity index (χ1) is 15.8. The summed E-state index contributed by atoms with van der Waals surface area (Å²) in [4.78, 5) is 23.5. The van der Waals surface area contributed by atoms with Crippen molar-refractivity contribution in [3.05, 3.63) is 132 Å². The Kier molecular flexibility index (Phi) is 5.50. The second-order valence-electron chi connectivity index (χ2n) is 7.78. The third-order valence-corrected chi connectivity index (χ3v) is 5.59. The van der Waals surface area contributed by atoms with Gasteiger partial charge in [-0.2, -0.15) is 0 Å². The Balaban J connectivity index is 1.57. The molecule has 0 saturated heterocycles. The van der Waals surface area contributed by atoms with Crippen LogP contribution in [0, 0.1) is 0 Å². The van der Waals surface area contributed by atoms with Crippen LogP contribution < -0.4 is 4.90 Å². The summed E-state index contributed by atoms with van der Waals surface area (Å²) in [5.74, 6) is 0.814. The molecule has 2 aromatic heterocycles. The van der Waals surface area contributed by atoms with Gasteiger partial charge in [0, 0.05) is 36.4 Å². The van der Waals surface area contributed by atoms with Crippen molar-refractivity contribution >= 4 is 22.5 Å². The highest BCUT2D eigenvalue weighted by Gasteiger charge is 2.20. The van der Waals surface area contributed by atoms with Crippen molar-refractivity contribution in [3.8, 4) is 0 Å². The van der Waals surface area contributed by atoms with Crippen molar-refractivity contribution in [2.75, 3.05) is 4.90 Å². The minimum atomic E-state index is -0.0214. The molecule has 0 spiro atoms. The zero-order valence-electron chi connectivity index (χ0n) is 17.6. The van der Waals surface area contributed by atoms with Crippen LogP contribution >= 0.6 is 0 Å². The van der Waals surface area contributed by atoms with Gasteiger partial charge in [-0.15, -0.1) is 0 Å². The number of rotatable bonds is 7. The number of nitrogens with zero attached hydrogens (tertiary/aromatic N) is 2. The van der Waals surface area contributed by atoms with E-state index < -0.39 is 0 Å². The average molecular weight is 418 g/mol. The van der Waals surface area contributed by atoms with Crippen molar-refractivity contribution in [3.63, 3.8) is 0 Å². The summed E-state index contributed by atoms with van der Waals surface area (Å²) in [6.45, 7) is 1.42. The van der Waals surface area contributed by atoms with Gasteiger partial charge in [0.1, 0.15) is 0 Å². The Hall–Kier alpha value is -4.18. The summed E-state index contributed by atoms with van der Waals surface area (Å²) < 4.78 is 0. The molecule has 5 rings (SSSR count). The lowest BCUT2D eigenvalue weighted by Crippen LogP contribution is -2.23. The van der Waals surface area contributed by atoms with Crippen LogP contribution in [0.25, 0.3) is 10.9 Å². The zero-order chi connectivity index (χ0) is 21.8. The number of benzene rings is 3. The second kappa shape index (κ2) is 8.90. The van der Waals surface area contributed by atoms with E-state index in [0.717, 1.165) is 16.7 Å². The molecule has 156 valence electrons. The highest BCUT2D eigenvalue weighted by molar-refractivity contribution is 6.17. The number of hydrogen-bond donors (Lipinski definition) is 1. The lowest BCUT2D eigenvalue weighted by molar-refractivity contribution is 0.104. The lowest BCUT2D eigenvalue weighted by atomic mass is 10.0. The minimum absolute atomic E-state index is 0.0214. The minimum Gasteiger partial charge on any atom is -0.358 e. The SMILES string of the molecule is O=C(c1ccccc1)c1cnc(N(Cc2ccccc2)Cc2ccccc2)c2[nH]ccc12. The number of aromatic amines is 1. The monoisotopic (exact) mass is 417 g/mol. The van der Waals surface area contributed by atoms with Crippen molar-refractivity contribution < 1.29 is 4.79 Å². The van der Waals surface area contributed by atoms with Gasteiger partial charge in [-0.25, -0.2) is 4.98 Å². The molecule has 0 bridgehead atoms. The van der Waals surface area contributed by atoms with Gasteiger partial charge in [0.15, 0.2) is 11.6 Å². The topological polar surface area (TPSA) is 49.0 Å². The summed E-state index contributed by atoms with van der Waals surface area (Å²) in [6.07, 6.45) is 3.59. The van der Waals surface area contributed by atoms with E-state index in [0.29, 0.717) is 24.2 Å². The van der Waals surface area contributed by atoms with E-state index in [1.165, 1.54) is 11.1 Å². The fourth-order valence-corrected chi connectivity index (χ4v) is 4.02. The van der Waals surface area contributed by atoms with E-state index in [4.69, 9.17) is 4.98 Å². The Morgan fingerprint density at radius 2 is 1.31 bits per heavy atom. The van der Waals surface area contributed by atoms with Crippen molar-refractivity contribution in [2.24, 2.45) is 0 Å². The Morgan fingerprint density at radius 3 is 1.91 bits per heavy atom. The third-order valence-electron chi connectivity index (χ3n) is 5.59. The summed E-state index contributed by atoms with van der Waals surface area (Å²) in [5.41, 5.74) is 4.55. The van der Waals surface area contributed by atoms with Crippen LogP contribution in [0.3, 0.4) is 0 Å². The molecule has 0 fully saturated rings. The quantitative estimate of drug-likeness (QED) is 0.330. The average Bonchev–Trinajstić information content (AvgIpc) is 3.35. The molecule has 4 nitrogen and oxygen atoms in total. The van der Waals surface area contributed by atoms with Crippen LogP contribution in [0.1, 0.15) is 27.0 Å². The number of pyridine rings is 1. The molecular weight excluding hydrogens is 394 g/mol. The van der Waals surface area contributed by atoms with Gasteiger partial charge in [-0.1, -0.05) is 91.0 Å². The van der Waals surface area contributed by atoms with Gasteiger partial charge >= 0.3 is 0 Å². The lowest BCUT2D eigenvalue weighted by Gasteiger charge is -2.25. The number of nitrogens with one attached hydrogen (secondary N) is 1. The number of carbonyl (C=O) groups is 1. The summed E-state index contributed by atoms with van der Waals surface area (Å²) in [6, 6.07) is 32.0. The fourth-order valence-electron chi connectivity index (χ4n) is 4.02. The van der Waals surface area contributed by atoms with Crippen molar-refractivity contribution in [1.82, 2.24) is 9.97 Å². The molecule has 0 aliphatic rings. The molecule has 0 atom stereocenters. The molecule has 1 N–H and O–H groups in total. The first-order valence-corrected chi connectivity index (χ1v) is 10.7. The Bertz CT molecular complexity index is 1290. The van der Waals surface area contributed by atoms with Crippen LogP contribution in [0.2, 0.25) is 0 Å². The van der Waals surface area contributed by atoms with Gasteiger partial charge < -0.3 is 9.88 Å². The van der Waals surface area contributed by atoms with E-state index in [1.54, 1.807) is 6.20 Å². The number of H-pyrrole nitrogens is 1. The van der Waals surface area contributed by atoms with Crippen LogP contribution in [-0.2, 0) is 13.1 Å². The van der Waals surface area contributed by atoms with Gasteiger partial charge in [-0.05, 0) is 17.2 Å². The molecule has 0 saturated carbocycles. The van der Waals surface area contributed by atoms with Crippen molar-refractivity contribution in [1.29, 1.82) is 0 Å². The summed E-state index contributed by atoms with van der Waals surface area (Å²) >= 11 is 0. The van der Waals surface area contributed by atoms with Gasteiger partial charge in [0.2, 0.25) is 0 Å². The predicted molar refractivity (Wildman–Crippen MR) is 129 cm³/mol. The number of ketones is 1. The maximum Gasteiger partial charge on any atom is 0.195 e. The van der Waals surface area contributed by atoms with Crippen LogP contribution in [0.5, 0.6) is 0 Å². The molecule has 5 aromatic rings. The number of aromatic nitrogens is 2. The molecule has 32 heavy (non-hydrogen) atoms. The first kappa shape index (κ1) is 19.8. The number of carbonyl (C=O) groups excluding carboxylic acids is 1. The molecule has 0 unspecified atom stereocenters. The molecule has 0 amide bonds. The van der Waals surface area contributed by atoms with E-state index >= 15 is 0 Å². The molecule has 2 heterocycles. The maximum atomic E-state index is 13.2. The first-order valence-electron chi connectivity index (χ1n) is 10.7. The number of anilines is 1. The van der Waals surface area contributed by atoms with Gasteiger partial charge in [0.05, 0.1) is 11.1 Å². The fraction of sp³-hybridized carbons (Fsp3) is 0.0714. The second-order valence-corrected chi connectivity index (χ2v) is 7.78. The molecule has 4 heteroatoms. The van der Waals surface area contributed by atoms with Crippen molar-refractivity contribution in [2.45, 2.75) is 13.1 Å². The highest BCUT2D eigenvalue weighted by Crippen LogP contribution is 2.29. The summed E-state index contributed by atoms with van der Waals surface area (Å²) in [7, 11) is 0. The standard InChI is InChI=1S/C28H23N3O/c32-27(23-14-8-3-9-15-23)25-18-30-28(26-24(25)16-17-29-26)31(19-21-10-4-1-5-11-21)20-22-12-6-2-7-13-22/h1-18,29H,19-20H2. The van der Waals surface area contributed by atoms with Crippen LogP contribution in [-0.4, -0.2) is 15.8 Å². The molecule has 0 aliphatic heterocycles. The Morgan fingerprint density at radius 1 is 0.750 bits per heavy atom. The molecule has 0 radical (unpaired) electrons. The smallest absolute Gasteiger partial charge is 0.195 e. The third kappa shape index (κ3) is 4.03. The maximum absolute atomic E-state index is 13.2. The predicted octanol–water partition coefficient (Wildman–Crippen LogP) is 6.00. The van der Waals surface area contributed by atoms with E-state index in [9.17, 15) is 4.79 Å². The normalized spacial score (nSPS) is 10.9. The Labute approximate surface area is 187 Å². The summed E-state index contributed by atoms with van der Waals surface area (Å²) in [5, 5.41) is 0.884. The van der Waals surface area contributed by atoms with E-state index in [2.05, 4.69) is 58.4 Å². The molecule has 3 aromatic carbocycles. The molecular formula is C28H23N3O. The molecule has 0 aliphatic carbocycles. The van der Waals surface area contributed by atoms with E-state index in [-0.39, 0.29) is 5.78 Å². The van der Waals surface area contributed by atoms with Crippen LogP contribution in [0.4, 0.5) is 5.82 Å². The van der Waals surface area contributed by atoms with Crippen LogP contribution in [0.15, 0.2) is 109 Å². The number of hydrogen-bond acceptors (Lipinski definition) is 3. The zero-order valence-corrected chi connectivity index (χ0v) is 17.6. The van der Waals surface area contributed by atoms with E-state index in [1.807, 2.05) is 54.7 Å². The van der Waals surface area contributed by atoms with Gasteiger partial charge in [0.25, 0.3) is 0 Å². The largest absolute Gasteiger partial charge is 0.358 e. The van der Waals surface area contributed by atoms with Gasteiger partial charge in [-0.3, -0.25) is 4.79 Å².